The van der Waals surface area contributed by atoms with E-state index < -0.39 is 11.7 Å². The van der Waals surface area contributed by atoms with Crippen LogP contribution in [0.1, 0.15) is 18.1 Å². The van der Waals surface area contributed by atoms with Crippen LogP contribution in [0.25, 0.3) is 0 Å². The van der Waals surface area contributed by atoms with E-state index in [1.165, 1.54) is 0 Å². The summed E-state index contributed by atoms with van der Waals surface area (Å²) < 4.78 is 38.5. The fourth-order valence-electron chi connectivity index (χ4n) is 1.87. The second-order valence-electron chi connectivity index (χ2n) is 4.40. The van der Waals surface area contributed by atoms with E-state index in [2.05, 4.69) is 9.97 Å². The van der Waals surface area contributed by atoms with Crippen LogP contribution in [0.3, 0.4) is 0 Å². The molecule has 2 rings (SSSR count). The standard InChI is InChI=1S/C14H13ClF3N3/c1-2-21(9-10-3-5-19-6-4-10)13-8-11(14(16,17)18)7-12(15)20-13/h3-8H,2,9H2,1H3. The second kappa shape index (κ2) is 6.30. The summed E-state index contributed by atoms with van der Waals surface area (Å²) in [7, 11) is 0. The summed E-state index contributed by atoms with van der Waals surface area (Å²) in [6.07, 6.45) is -1.18. The Balaban J connectivity index is 2.32. The molecular formula is C14H13ClF3N3. The molecule has 3 nitrogen and oxygen atoms in total. The van der Waals surface area contributed by atoms with Gasteiger partial charge in [-0.25, -0.2) is 4.98 Å². The van der Waals surface area contributed by atoms with Crippen molar-refractivity contribution in [3.63, 3.8) is 0 Å². The molecule has 0 saturated carbocycles. The Morgan fingerprint density at radius 3 is 2.43 bits per heavy atom. The van der Waals surface area contributed by atoms with Gasteiger partial charge in [-0.2, -0.15) is 13.2 Å². The molecular weight excluding hydrogens is 303 g/mol. The maximum atomic E-state index is 12.8. The van der Waals surface area contributed by atoms with Gasteiger partial charge in [0, 0.05) is 25.5 Å². The van der Waals surface area contributed by atoms with Gasteiger partial charge in [-0.15, -0.1) is 0 Å². The average molecular weight is 316 g/mol. The molecule has 0 bridgehead atoms. The van der Waals surface area contributed by atoms with Crippen molar-refractivity contribution in [2.24, 2.45) is 0 Å². The van der Waals surface area contributed by atoms with E-state index in [1.54, 1.807) is 29.4 Å². The summed E-state index contributed by atoms with van der Waals surface area (Å²) in [5, 5.41) is -0.173. The van der Waals surface area contributed by atoms with Gasteiger partial charge in [0.15, 0.2) is 0 Å². The first kappa shape index (κ1) is 15.6. The van der Waals surface area contributed by atoms with Gasteiger partial charge in [-0.1, -0.05) is 11.6 Å². The smallest absolute Gasteiger partial charge is 0.353 e. The molecule has 0 saturated heterocycles. The molecule has 0 aliphatic carbocycles. The number of alkyl halides is 3. The lowest BCUT2D eigenvalue weighted by Crippen LogP contribution is -2.23. The van der Waals surface area contributed by atoms with Crippen LogP contribution in [-0.4, -0.2) is 16.5 Å². The summed E-state index contributed by atoms with van der Waals surface area (Å²) in [6, 6.07) is 5.44. The molecule has 0 radical (unpaired) electrons. The Kier molecular flexibility index (Phi) is 4.67. The van der Waals surface area contributed by atoms with E-state index >= 15 is 0 Å². The first-order chi connectivity index (χ1) is 9.90. The van der Waals surface area contributed by atoms with Crippen LogP contribution in [0.5, 0.6) is 0 Å². The highest BCUT2D eigenvalue weighted by atomic mass is 35.5. The fourth-order valence-corrected chi connectivity index (χ4v) is 2.08. The molecule has 0 atom stereocenters. The Morgan fingerprint density at radius 1 is 1.19 bits per heavy atom. The molecule has 0 aliphatic rings. The van der Waals surface area contributed by atoms with Gasteiger partial charge in [0.25, 0.3) is 0 Å². The van der Waals surface area contributed by atoms with E-state index in [-0.39, 0.29) is 11.0 Å². The zero-order valence-corrected chi connectivity index (χ0v) is 12.0. The lowest BCUT2D eigenvalue weighted by atomic mass is 10.2. The first-order valence-electron chi connectivity index (χ1n) is 6.28. The van der Waals surface area contributed by atoms with E-state index in [0.717, 1.165) is 17.7 Å². The lowest BCUT2D eigenvalue weighted by Gasteiger charge is -2.23. The predicted molar refractivity (Wildman–Crippen MR) is 75.2 cm³/mol. The molecule has 0 fully saturated rings. The molecule has 0 N–H and O–H groups in total. The minimum Gasteiger partial charge on any atom is -0.353 e. The van der Waals surface area contributed by atoms with Crippen LogP contribution < -0.4 is 4.90 Å². The van der Waals surface area contributed by atoms with Crippen LogP contribution in [0.2, 0.25) is 5.15 Å². The number of hydrogen-bond donors (Lipinski definition) is 0. The Hall–Kier alpha value is -1.82. The van der Waals surface area contributed by atoms with Gasteiger partial charge >= 0.3 is 6.18 Å². The van der Waals surface area contributed by atoms with Crippen molar-refractivity contribution in [2.45, 2.75) is 19.6 Å². The van der Waals surface area contributed by atoms with Crippen molar-refractivity contribution >= 4 is 17.4 Å². The molecule has 2 aromatic heterocycles. The van der Waals surface area contributed by atoms with Crippen LogP contribution >= 0.6 is 11.6 Å². The summed E-state index contributed by atoms with van der Waals surface area (Å²) in [4.78, 5) is 9.62. The quantitative estimate of drug-likeness (QED) is 0.793. The summed E-state index contributed by atoms with van der Waals surface area (Å²) in [5.74, 6) is 0.203. The van der Waals surface area contributed by atoms with E-state index in [9.17, 15) is 13.2 Å². The molecule has 0 spiro atoms. The number of anilines is 1. The summed E-state index contributed by atoms with van der Waals surface area (Å²) >= 11 is 5.71. The summed E-state index contributed by atoms with van der Waals surface area (Å²) in [5.41, 5.74) is 0.132. The molecule has 7 heteroatoms. The van der Waals surface area contributed by atoms with Gasteiger partial charge in [0.1, 0.15) is 11.0 Å². The van der Waals surface area contributed by atoms with Crippen molar-refractivity contribution in [1.29, 1.82) is 0 Å². The van der Waals surface area contributed by atoms with Crippen LogP contribution in [0.15, 0.2) is 36.7 Å². The second-order valence-corrected chi connectivity index (χ2v) is 4.79. The maximum absolute atomic E-state index is 12.8. The van der Waals surface area contributed by atoms with Gasteiger partial charge < -0.3 is 4.90 Å². The number of nitrogens with zero attached hydrogens (tertiary/aromatic N) is 3. The molecule has 0 aromatic carbocycles. The van der Waals surface area contributed by atoms with Gasteiger partial charge in [-0.05, 0) is 36.8 Å². The third-order valence-corrected chi connectivity index (χ3v) is 3.13. The Morgan fingerprint density at radius 2 is 1.86 bits per heavy atom. The van der Waals surface area contributed by atoms with Gasteiger partial charge in [0.05, 0.1) is 5.56 Å². The highest BCUT2D eigenvalue weighted by Gasteiger charge is 2.32. The molecule has 112 valence electrons. The molecule has 21 heavy (non-hydrogen) atoms. The maximum Gasteiger partial charge on any atom is 0.416 e. The SMILES string of the molecule is CCN(Cc1ccncc1)c1cc(C(F)(F)F)cc(Cl)n1. The van der Waals surface area contributed by atoms with Crippen LogP contribution in [-0.2, 0) is 12.7 Å². The predicted octanol–water partition coefficient (Wildman–Crippen LogP) is 4.18. The molecule has 2 heterocycles. The highest BCUT2D eigenvalue weighted by molar-refractivity contribution is 6.29. The van der Waals surface area contributed by atoms with E-state index in [4.69, 9.17) is 11.6 Å². The normalized spacial score (nSPS) is 11.5. The zero-order chi connectivity index (χ0) is 15.5. The fraction of sp³-hybridized carbons (Fsp3) is 0.286. The highest BCUT2D eigenvalue weighted by Crippen LogP contribution is 2.33. The monoisotopic (exact) mass is 315 g/mol. The third kappa shape index (κ3) is 4.07. The van der Waals surface area contributed by atoms with E-state index in [1.807, 2.05) is 6.92 Å². The van der Waals surface area contributed by atoms with Crippen molar-refractivity contribution in [2.75, 3.05) is 11.4 Å². The van der Waals surface area contributed by atoms with Crippen LogP contribution in [0.4, 0.5) is 19.0 Å². The minimum atomic E-state index is -4.45. The third-order valence-electron chi connectivity index (χ3n) is 2.94. The zero-order valence-electron chi connectivity index (χ0n) is 11.2. The topological polar surface area (TPSA) is 29.0 Å². The lowest BCUT2D eigenvalue weighted by molar-refractivity contribution is -0.137. The minimum absolute atomic E-state index is 0.173. The molecule has 0 amide bonds. The largest absolute Gasteiger partial charge is 0.416 e. The molecule has 2 aromatic rings. The molecule has 0 unspecified atom stereocenters. The summed E-state index contributed by atoms with van der Waals surface area (Å²) in [6.45, 7) is 2.79. The van der Waals surface area contributed by atoms with Crippen LogP contribution in [0, 0.1) is 0 Å². The number of rotatable bonds is 4. The number of pyridine rings is 2. The number of hydrogen-bond acceptors (Lipinski definition) is 3. The Labute approximate surface area is 125 Å². The van der Waals surface area contributed by atoms with Crippen molar-refractivity contribution < 1.29 is 13.2 Å². The molecule has 0 aliphatic heterocycles. The van der Waals surface area contributed by atoms with Gasteiger partial charge in [0.2, 0.25) is 0 Å². The average Bonchev–Trinajstić information content (AvgIpc) is 2.44. The first-order valence-corrected chi connectivity index (χ1v) is 6.66. The van der Waals surface area contributed by atoms with Crippen molar-refractivity contribution in [3.8, 4) is 0 Å². The van der Waals surface area contributed by atoms with Crippen molar-refractivity contribution in [3.05, 3.63) is 52.9 Å². The van der Waals surface area contributed by atoms with Gasteiger partial charge in [-0.3, -0.25) is 4.98 Å². The number of aromatic nitrogens is 2. The van der Waals surface area contributed by atoms with E-state index in [0.29, 0.717) is 13.1 Å². The number of halogens is 4. The van der Waals surface area contributed by atoms with Crippen molar-refractivity contribution in [1.82, 2.24) is 9.97 Å². The Bertz CT molecular complexity index is 602.